The highest BCUT2D eigenvalue weighted by molar-refractivity contribution is 5.85. The fourth-order valence-electron chi connectivity index (χ4n) is 1.31. The van der Waals surface area contributed by atoms with Crippen molar-refractivity contribution in [2.24, 2.45) is 0 Å². The number of rotatable bonds is 5. The predicted octanol–water partition coefficient (Wildman–Crippen LogP) is 0.692. The van der Waals surface area contributed by atoms with Crippen LogP contribution in [0.2, 0.25) is 0 Å². The molecular weight excluding hydrogens is 220 g/mol. The van der Waals surface area contributed by atoms with Crippen LogP contribution < -0.4 is 5.32 Å². The van der Waals surface area contributed by atoms with Crippen molar-refractivity contribution in [2.75, 3.05) is 6.61 Å². The first kappa shape index (κ1) is 13.2. The van der Waals surface area contributed by atoms with Gasteiger partial charge in [-0.1, -0.05) is 6.07 Å². The van der Waals surface area contributed by atoms with E-state index in [1.807, 2.05) is 6.07 Å². The fourth-order valence-corrected chi connectivity index (χ4v) is 1.31. The van der Waals surface area contributed by atoms with E-state index in [0.717, 1.165) is 5.56 Å². The molecule has 1 aromatic rings. The molecule has 17 heavy (non-hydrogen) atoms. The Labute approximate surface area is 100 Å². The Morgan fingerprint density at radius 2 is 2.29 bits per heavy atom. The number of nitrogens with one attached hydrogen (secondary N) is 1. The Kier molecular flexibility index (Phi) is 5.13. The molecule has 0 spiro atoms. The first-order valence-electron chi connectivity index (χ1n) is 5.48. The lowest BCUT2D eigenvalue weighted by Crippen LogP contribution is -2.40. The maximum Gasteiger partial charge on any atom is 0.328 e. The van der Waals surface area contributed by atoms with Crippen molar-refractivity contribution in [3.63, 3.8) is 0 Å². The molecular formula is C12H16N2O3. The van der Waals surface area contributed by atoms with Gasteiger partial charge in [-0.2, -0.15) is 0 Å². The van der Waals surface area contributed by atoms with E-state index in [2.05, 4.69) is 10.3 Å². The third-order valence-electron chi connectivity index (χ3n) is 2.11. The Bertz CT molecular complexity index is 379. The van der Waals surface area contributed by atoms with Gasteiger partial charge in [-0.05, 0) is 25.5 Å². The second-order valence-electron chi connectivity index (χ2n) is 3.58. The summed E-state index contributed by atoms with van der Waals surface area (Å²) in [6, 6.07) is 2.94. The zero-order valence-corrected chi connectivity index (χ0v) is 9.97. The Morgan fingerprint density at radius 3 is 2.88 bits per heavy atom. The largest absolute Gasteiger partial charge is 0.464 e. The van der Waals surface area contributed by atoms with Crippen LogP contribution in [-0.4, -0.2) is 29.5 Å². The maximum absolute atomic E-state index is 11.6. The van der Waals surface area contributed by atoms with Crippen molar-refractivity contribution in [2.45, 2.75) is 26.3 Å². The molecule has 0 aromatic carbocycles. The molecule has 1 aromatic heterocycles. The zero-order chi connectivity index (χ0) is 12.7. The van der Waals surface area contributed by atoms with E-state index in [1.54, 1.807) is 32.3 Å². The molecule has 1 atom stereocenters. The van der Waals surface area contributed by atoms with Crippen LogP contribution in [0.1, 0.15) is 19.4 Å². The summed E-state index contributed by atoms with van der Waals surface area (Å²) in [5.41, 5.74) is 0.807. The first-order valence-corrected chi connectivity index (χ1v) is 5.48. The van der Waals surface area contributed by atoms with E-state index >= 15 is 0 Å². The minimum atomic E-state index is -0.626. The minimum Gasteiger partial charge on any atom is -0.464 e. The number of ether oxygens (including phenoxy) is 1. The Hall–Kier alpha value is -1.91. The van der Waals surface area contributed by atoms with Crippen molar-refractivity contribution in [1.82, 2.24) is 10.3 Å². The van der Waals surface area contributed by atoms with Gasteiger partial charge in [-0.25, -0.2) is 4.79 Å². The summed E-state index contributed by atoms with van der Waals surface area (Å²) < 4.78 is 4.79. The Balaban J connectivity index is 2.42. The molecule has 0 aliphatic heterocycles. The molecule has 5 heteroatoms. The van der Waals surface area contributed by atoms with Gasteiger partial charge in [0.25, 0.3) is 0 Å². The second-order valence-corrected chi connectivity index (χ2v) is 3.58. The van der Waals surface area contributed by atoms with Crippen LogP contribution in [0.25, 0.3) is 0 Å². The van der Waals surface area contributed by atoms with Crippen molar-refractivity contribution >= 4 is 11.9 Å². The van der Waals surface area contributed by atoms with Gasteiger partial charge in [0.15, 0.2) is 0 Å². The number of hydrogen-bond acceptors (Lipinski definition) is 4. The molecule has 0 aliphatic rings. The van der Waals surface area contributed by atoms with Crippen LogP contribution in [0.3, 0.4) is 0 Å². The molecule has 0 radical (unpaired) electrons. The van der Waals surface area contributed by atoms with Gasteiger partial charge in [-0.15, -0.1) is 0 Å². The summed E-state index contributed by atoms with van der Waals surface area (Å²) in [7, 11) is 0. The van der Waals surface area contributed by atoms with E-state index in [9.17, 15) is 9.59 Å². The molecule has 0 saturated heterocycles. The number of carbonyl (C=O) groups excluding carboxylic acids is 2. The molecule has 0 saturated carbocycles. The lowest BCUT2D eigenvalue weighted by molar-refractivity contribution is -0.146. The molecule has 0 fully saturated rings. The van der Waals surface area contributed by atoms with E-state index < -0.39 is 12.0 Å². The number of amides is 1. The van der Waals surface area contributed by atoms with E-state index in [0.29, 0.717) is 6.61 Å². The van der Waals surface area contributed by atoms with Crippen LogP contribution in [0.4, 0.5) is 0 Å². The van der Waals surface area contributed by atoms with Crippen LogP contribution in [0.15, 0.2) is 24.5 Å². The summed E-state index contributed by atoms with van der Waals surface area (Å²) in [6.45, 7) is 3.63. The molecule has 1 heterocycles. The van der Waals surface area contributed by atoms with E-state index in [1.165, 1.54) is 0 Å². The van der Waals surface area contributed by atoms with E-state index in [-0.39, 0.29) is 12.3 Å². The van der Waals surface area contributed by atoms with Crippen LogP contribution in [0, 0.1) is 0 Å². The predicted molar refractivity (Wildman–Crippen MR) is 62.2 cm³/mol. The smallest absolute Gasteiger partial charge is 0.328 e. The van der Waals surface area contributed by atoms with Crippen LogP contribution >= 0.6 is 0 Å². The zero-order valence-electron chi connectivity index (χ0n) is 9.97. The number of esters is 1. The molecule has 1 N–H and O–H groups in total. The number of pyridine rings is 1. The average Bonchev–Trinajstić information content (AvgIpc) is 2.30. The van der Waals surface area contributed by atoms with Gasteiger partial charge >= 0.3 is 5.97 Å². The summed E-state index contributed by atoms with van der Waals surface area (Å²) >= 11 is 0. The third-order valence-corrected chi connectivity index (χ3v) is 2.11. The van der Waals surface area contributed by atoms with Gasteiger partial charge in [0.1, 0.15) is 6.04 Å². The maximum atomic E-state index is 11.6. The number of nitrogens with zero attached hydrogens (tertiary/aromatic N) is 1. The van der Waals surface area contributed by atoms with Gasteiger partial charge in [0, 0.05) is 12.4 Å². The highest BCUT2D eigenvalue weighted by Crippen LogP contribution is 1.97. The van der Waals surface area contributed by atoms with Crippen LogP contribution in [0.5, 0.6) is 0 Å². The highest BCUT2D eigenvalue weighted by Gasteiger charge is 2.16. The molecule has 1 rings (SSSR count). The van der Waals surface area contributed by atoms with Gasteiger partial charge in [0.05, 0.1) is 13.0 Å². The highest BCUT2D eigenvalue weighted by atomic mass is 16.5. The quantitative estimate of drug-likeness (QED) is 0.764. The minimum absolute atomic E-state index is 0.206. The summed E-state index contributed by atoms with van der Waals surface area (Å²) in [4.78, 5) is 26.8. The van der Waals surface area contributed by atoms with Gasteiger partial charge in [-0.3, -0.25) is 9.78 Å². The summed E-state index contributed by atoms with van der Waals surface area (Å²) in [5.74, 6) is -0.648. The third kappa shape index (κ3) is 4.63. The van der Waals surface area contributed by atoms with Gasteiger partial charge < -0.3 is 10.1 Å². The van der Waals surface area contributed by atoms with Crippen LogP contribution in [-0.2, 0) is 20.7 Å². The lowest BCUT2D eigenvalue weighted by atomic mass is 10.2. The molecule has 1 unspecified atom stereocenters. The monoisotopic (exact) mass is 236 g/mol. The molecule has 5 nitrogen and oxygen atoms in total. The fraction of sp³-hybridized carbons (Fsp3) is 0.417. The standard InChI is InChI=1S/C12H16N2O3/c1-3-17-12(16)9(2)14-11(15)7-10-5-4-6-13-8-10/h4-6,8-9H,3,7H2,1-2H3,(H,14,15). The number of aromatic nitrogens is 1. The number of hydrogen-bond donors (Lipinski definition) is 1. The second kappa shape index (κ2) is 6.62. The average molecular weight is 236 g/mol. The molecule has 0 bridgehead atoms. The summed E-state index contributed by atoms with van der Waals surface area (Å²) in [6.07, 6.45) is 3.47. The lowest BCUT2D eigenvalue weighted by Gasteiger charge is -2.12. The molecule has 92 valence electrons. The van der Waals surface area contributed by atoms with Crippen molar-refractivity contribution in [1.29, 1.82) is 0 Å². The van der Waals surface area contributed by atoms with E-state index in [4.69, 9.17) is 4.74 Å². The molecule has 1 amide bonds. The van der Waals surface area contributed by atoms with Gasteiger partial charge in [0.2, 0.25) is 5.91 Å². The summed E-state index contributed by atoms with van der Waals surface area (Å²) in [5, 5.41) is 2.57. The molecule has 0 aliphatic carbocycles. The SMILES string of the molecule is CCOC(=O)C(C)NC(=O)Cc1cccnc1. The topological polar surface area (TPSA) is 68.3 Å². The number of carbonyl (C=O) groups is 2. The van der Waals surface area contributed by atoms with Crippen molar-refractivity contribution in [3.8, 4) is 0 Å². The first-order chi connectivity index (χ1) is 8.13. The Morgan fingerprint density at radius 1 is 1.53 bits per heavy atom. The van der Waals surface area contributed by atoms with Crippen molar-refractivity contribution in [3.05, 3.63) is 30.1 Å². The van der Waals surface area contributed by atoms with Crippen molar-refractivity contribution < 1.29 is 14.3 Å². The normalized spacial score (nSPS) is 11.6.